The van der Waals surface area contributed by atoms with Gasteiger partial charge in [0.25, 0.3) is 0 Å². The van der Waals surface area contributed by atoms with E-state index in [2.05, 4.69) is 80.9 Å². The summed E-state index contributed by atoms with van der Waals surface area (Å²) < 4.78 is 0. The highest BCUT2D eigenvalue weighted by Crippen LogP contribution is 2.38. The molecule has 194 valence electrons. The minimum absolute atomic E-state index is 0.0252. The number of anilines is 2. The summed E-state index contributed by atoms with van der Waals surface area (Å²) in [5, 5.41) is 28.8. The Bertz CT molecular complexity index is 1590. The van der Waals surface area contributed by atoms with Crippen LogP contribution in [0.2, 0.25) is 5.02 Å². The Balaban J connectivity index is 1.44. The monoisotopic (exact) mass is 527 g/mol. The minimum atomic E-state index is -0.223. The van der Waals surface area contributed by atoms with E-state index in [1.165, 1.54) is 12.8 Å². The normalized spacial score (nSPS) is 16.3. The maximum Gasteiger partial charge on any atom is 0.103 e. The van der Waals surface area contributed by atoms with E-state index in [9.17, 15) is 5.26 Å². The summed E-state index contributed by atoms with van der Waals surface area (Å²) in [7, 11) is 0. The second-order valence-electron chi connectivity index (χ2n) is 11.1. The number of rotatable bonds is 7. The van der Waals surface area contributed by atoms with Crippen molar-refractivity contribution in [3.8, 4) is 6.07 Å². The van der Waals surface area contributed by atoms with Gasteiger partial charge in [0.15, 0.2) is 0 Å². The number of H-pyrrole nitrogens is 1. The van der Waals surface area contributed by atoms with E-state index in [0.29, 0.717) is 28.7 Å². The average molecular weight is 528 g/mol. The smallest absolute Gasteiger partial charge is 0.103 e. The average Bonchev–Trinajstić information content (AvgIpc) is 3.41. The van der Waals surface area contributed by atoms with Crippen LogP contribution in [0.5, 0.6) is 0 Å². The molecule has 0 unspecified atom stereocenters. The number of nitrogens with one attached hydrogen (secondary N) is 5. The van der Waals surface area contributed by atoms with Gasteiger partial charge in [0.1, 0.15) is 6.07 Å². The van der Waals surface area contributed by atoms with Crippen LogP contribution >= 0.6 is 11.6 Å². The molecule has 3 heterocycles. The van der Waals surface area contributed by atoms with Crippen molar-refractivity contribution in [2.45, 2.75) is 45.7 Å². The molecule has 2 aromatic heterocycles. The first-order valence-electron chi connectivity index (χ1n) is 12.8. The van der Waals surface area contributed by atoms with Crippen LogP contribution < -0.4 is 21.6 Å². The molecule has 2 aromatic carbocycles. The standard InChI is InChI=1S/C28H30ClN9/c1-28(2,3)15-32-25-16(11-30)12-31-26-20(25)9-17(10-22(26)29)34-27(24-14-38(37-36-24)18-7-8-18)19-5-4-6-23-21(19)13-33-35-23/h4-6,9-10,12-14,18,27,34,36-37H,7-8,15H2,1-3H3,(H,31,32)(H,33,35)/t27-/m0/s1. The number of aromatic nitrogens is 3. The number of halogens is 1. The third-order valence-electron chi connectivity index (χ3n) is 6.84. The maximum atomic E-state index is 9.82. The maximum absolute atomic E-state index is 9.82. The molecule has 6 rings (SSSR count). The third kappa shape index (κ3) is 4.69. The van der Waals surface area contributed by atoms with Crippen molar-refractivity contribution in [2.24, 2.45) is 5.41 Å². The van der Waals surface area contributed by atoms with Crippen molar-refractivity contribution < 1.29 is 0 Å². The van der Waals surface area contributed by atoms with E-state index in [0.717, 1.165) is 38.9 Å². The molecule has 38 heavy (non-hydrogen) atoms. The van der Waals surface area contributed by atoms with Crippen LogP contribution in [-0.2, 0) is 0 Å². The van der Waals surface area contributed by atoms with Crippen molar-refractivity contribution in [2.75, 3.05) is 17.2 Å². The highest BCUT2D eigenvalue weighted by atomic mass is 35.5. The lowest BCUT2D eigenvalue weighted by atomic mass is 9.96. The Morgan fingerprint density at radius 2 is 2.05 bits per heavy atom. The Labute approximate surface area is 226 Å². The molecular formula is C28H30ClN9. The molecule has 10 heteroatoms. The summed E-state index contributed by atoms with van der Waals surface area (Å²) in [6.45, 7) is 7.15. The Kier molecular flexibility index (Phi) is 6.01. The molecule has 2 aliphatic rings. The fourth-order valence-electron chi connectivity index (χ4n) is 4.74. The van der Waals surface area contributed by atoms with Crippen LogP contribution in [0.25, 0.3) is 21.8 Å². The van der Waals surface area contributed by atoms with Gasteiger partial charge in [-0.1, -0.05) is 44.5 Å². The van der Waals surface area contributed by atoms with Gasteiger partial charge in [-0.2, -0.15) is 10.4 Å². The second kappa shape index (κ2) is 9.39. The molecule has 0 saturated heterocycles. The zero-order chi connectivity index (χ0) is 26.4. The molecule has 1 atom stereocenters. The minimum Gasteiger partial charge on any atom is -0.383 e. The quantitative estimate of drug-likeness (QED) is 0.211. The van der Waals surface area contributed by atoms with E-state index >= 15 is 0 Å². The lowest BCUT2D eigenvalue weighted by Gasteiger charge is -2.24. The molecule has 9 nitrogen and oxygen atoms in total. The molecule has 0 bridgehead atoms. The van der Waals surface area contributed by atoms with Gasteiger partial charge in [0, 0.05) is 41.4 Å². The molecular weight excluding hydrogens is 498 g/mol. The summed E-state index contributed by atoms with van der Waals surface area (Å²) in [6, 6.07) is 12.6. The highest BCUT2D eigenvalue weighted by molar-refractivity contribution is 6.35. The van der Waals surface area contributed by atoms with Crippen molar-refractivity contribution in [1.29, 1.82) is 5.26 Å². The number of pyridine rings is 1. The van der Waals surface area contributed by atoms with E-state index in [-0.39, 0.29) is 11.5 Å². The SMILES string of the molecule is CC(C)(C)CNc1c(C#N)cnc2c(Cl)cc(N[C@H](C3=CN(C4CC4)NN3)c3cccc4[nH]ncc34)cc12. The van der Waals surface area contributed by atoms with E-state index in [1.54, 1.807) is 6.20 Å². The van der Waals surface area contributed by atoms with E-state index in [1.807, 2.05) is 30.5 Å². The molecule has 4 aromatic rings. The Morgan fingerprint density at radius 1 is 1.21 bits per heavy atom. The van der Waals surface area contributed by atoms with Crippen LogP contribution in [0.3, 0.4) is 0 Å². The Morgan fingerprint density at radius 3 is 2.82 bits per heavy atom. The van der Waals surface area contributed by atoms with Crippen molar-refractivity contribution in [3.63, 3.8) is 0 Å². The van der Waals surface area contributed by atoms with Gasteiger partial charge in [-0.05, 0) is 42.0 Å². The second-order valence-corrected chi connectivity index (χ2v) is 11.5. The molecule has 1 aliphatic heterocycles. The van der Waals surface area contributed by atoms with Crippen LogP contribution in [0.15, 0.2) is 54.6 Å². The number of fused-ring (bicyclic) bond motifs is 2. The van der Waals surface area contributed by atoms with Crippen LogP contribution in [0.1, 0.15) is 50.8 Å². The molecule has 0 radical (unpaired) electrons. The molecule has 1 aliphatic carbocycles. The van der Waals surface area contributed by atoms with Crippen molar-refractivity contribution >= 4 is 44.8 Å². The third-order valence-corrected chi connectivity index (χ3v) is 7.13. The highest BCUT2D eigenvalue weighted by Gasteiger charge is 2.33. The van der Waals surface area contributed by atoms with Gasteiger partial charge in [-0.25, -0.2) is 0 Å². The summed E-state index contributed by atoms with van der Waals surface area (Å²) in [5.41, 5.74) is 12.4. The van der Waals surface area contributed by atoms with Crippen LogP contribution in [0.4, 0.5) is 11.4 Å². The van der Waals surface area contributed by atoms with Gasteiger partial charge in [-0.15, -0.1) is 5.53 Å². The van der Waals surface area contributed by atoms with Crippen molar-refractivity contribution in [3.05, 3.63) is 70.8 Å². The number of benzene rings is 2. The molecule has 0 spiro atoms. The van der Waals surface area contributed by atoms with Gasteiger partial charge in [0.2, 0.25) is 0 Å². The predicted octanol–water partition coefficient (Wildman–Crippen LogP) is 5.58. The number of hydrazine groups is 2. The summed E-state index contributed by atoms with van der Waals surface area (Å²) >= 11 is 6.78. The first-order valence-corrected chi connectivity index (χ1v) is 13.1. The summed E-state index contributed by atoms with van der Waals surface area (Å²) in [5.74, 6) is 0. The summed E-state index contributed by atoms with van der Waals surface area (Å²) in [4.78, 5) is 4.51. The fraction of sp³-hybridized carbons (Fsp3) is 0.321. The van der Waals surface area contributed by atoms with Gasteiger partial charge in [-0.3, -0.25) is 15.1 Å². The lowest BCUT2D eigenvalue weighted by Crippen LogP contribution is -2.38. The topological polar surface area (TPSA) is 117 Å². The number of nitrogens with zero attached hydrogens (tertiary/aromatic N) is 4. The van der Waals surface area contributed by atoms with Crippen molar-refractivity contribution in [1.82, 2.24) is 31.2 Å². The van der Waals surface area contributed by atoms with Gasteiger partial charge in [0.05, 0.1) is 45.2 Å². The number of hydrogen-bond donors (Lipinski definition) is 5. The molecule has 1 saturated carbocycles. The largest absolute Gasteiger partial charge is 0.383 e. The van der Waals surface area contributed by atoms with Crippen LogP contribution in [0, 0.1) is 16.7 Å². The molecule has 1 fully saturated rings. The molecule has 0 amide bonds. The zero-order valence-corrected chi connectivity index (χ0v) is 22.3. The summed E-state index contributed by atoms with van der Waals surface area (Å²) in [6.07, 6.45) is 7.91. The number of aromatic amines is 1. The lowest BCUT2D eigenvalue weighted by molar-refractivity contribution is 0.260. The number of nitriles is 1. The van der Waals surface area contributed by atoms with E-state index in [4.69, 9.17) is 11.6 Å². The van der Waals surface area contributed by atoms with Gasteiger partial charge >= 0.3 is 0 Å². The zero-order valence-electron chi connectivity index (χ0n) is 21.6. The fourth-order valence-corrected chi connectivity index (χ4v) is 5.01. The van der Waals surface area contributed by atoms with Crippen LogP contribution in [-0.4, -0.2) is 32.8 Å². The molecule has 5 N–H and O–H groups in total. The van der Waals surface area contributed by atoms with Gasteiger partial charge < -0.3 is 16.1 Å². The first kappa shape index (κ1) is 24.3. The Hall–Kier alpha value is -4.00. The van der Waals surface area contributed by atoms with E-state index < -0.39 is 0 Å². The predicted molar refractivity (Wildman–Crippen MR) is 151 cm³/mol. The number of hydrogen-bond acceptors (Lipinski definition) is 8. The first-order chi connectivity index (χ1) is 18.3.